The second-order valence-corrected chi connectivity index (χ2v) is 5.45. The smallest absolute Gasteiger partial charge is 0.315 e. The Morgan fingerprint density at radius 1 is 1.35 bits per heavy atom. The van der Waals surface area contributed by atoms with E-state index in [1.165, 1.54) is 0 Å². The fourth-order valence-corrected chi connectivity index (χ4v) is 1.74. The normalized spacial score (nSPS) is 17.8. The number of nitrogens with one attached hydrogen (secondary N) is 3. The first-order valence-corrected chi connectivity index (χ1v) is 6.36. The van der Waals surface area contributed by atoms with Gasteiger partial charge in [-0.15, -0.1) is 0 Å². The van der Waals surface area contributed by atoms with E-state index >= 15 is 0 Å². The summed E-state index contributed by atoms with van der Waals surface area (Å²) >= 11 is 0. The van der Waals surface area contributed by atoms with Crippen molar-refractivity contribution in [1.82, 2.24) is 16.0 Å². The highest BCUT2D eigenvalue weighted by Gasteiger charge is 2.14. The van der Waals surface area contributed by atoms with Gasteiger partial charge in [0.25, 0.3) is 0 Å². The highest BCUT2D eigenvalue weighted by Crippen LogP contribution is 2.06. The average Bonchev–Trinajstić information content (AvgIpc) is 2.23. The standard InChI is InChI=1S/C12H25N3O2/c1-12(2,3)15-11(16)14-8-9-17-10-4-6-13-7-5-10/h10,13H,4-9H2,1-3H3,(H2,14,15,16). The number of piperidine rings is 1. The zero-order valence-corrected chi connectivity index (χ0v) is 11.1. The van der Waals surface area contributed by atoms with Crippen LogP contribution >= 0.6 is 0 Å². The van der Waals surface area contributed by atoms with Gasteiger partial charge in [0, 0.05) is 12.1 Å². The van der Waals surface area contributed by atoms with Crippen molar-refractivity contribution in [1.29, 1.82) is 0 Å². The zero-order chi connectivity index (χ0) is 12.7. The van der Waals surface area contributed by atoms with Crippen molar-refractivity contribution in [3.63, 3.8) is 0 Å². The van der Waals surface area contributed by atoms with Crippen LogP contribution in [0, 0.1) is 0 Å². The monoisotopic (exact) mass is 243 g/mol. The van der Waals surface area contributed by atoms with Crippen LogP contribution in [0.1, 0.15) is 33.6 Å². The molecule has 1 aliphatic rings. The van der Waals surface area contributed by atoms with Crippen molar-refractivity contribution in [2.45, 2.75) is 45.3 Å². The molecular formula is C12H25N3O2. The molecule has 0 radical (unpaired) electrons. The molecule has 0 aromatic rings. The van der Waals surface area contributed by atoms with Crippen molar-refractivity contribution >= 4 is 6.03 Å². The van der Waals surface area contributed by atoms with E-state index in [1.807, 2.05) is 20.8 Å². The molecule has 0 aromatic heterocycles. The average molecular weight is 243 g/mol. The molecular weight excluding hydrogens is 218 g/mol. The molecule has 5 nitrogen and oxygen atoms in total. The van der Waals surface area contributed by atoms with Gasteiger partial charge in [-0.25, -0.2) is 4.79 Å². The fourth-order valence-electron chi connectivity index (χ4n) is 1.74. The Hall–Kier alpha value is -0.810. The van der Waals surface area contributed by atoms with E-state index in [4.69, 9.17) is 4.74 Å². The summed E-state index contributed by atoms with van der Waals surface area (Å²) < 4.78 is 5.68. The van der Waals surface area contributed by atoms with Crippen molar-refractivity contribution in [3.05, 3.63) is 0 Å². The van der Waals surface area contributed by atoms with Gasteiger partial charge in [0.1, 0.15) is 0 Å². The number of hydrogen-bond donors (Lipinski definition) is 3. The summed E-state index contributed by atoms with van der Waals surface area (Å²) in [6.07, 6.45) is 2.48. The Labute approximate surface area is 104 Å². The van der Waals surface area contributed by atoms with Gasteiger partial charge in [0.2, 0.25) is 0 Å². The molecule has 1 saturated heterocycles. The summed E-state index contributed by atoms with van der Waals surface area (Å²) in [4.78, 5) is 11.4. The Bertz CT molecular complexity index is 232. The lowest BCUT2D eigenvalue weighted by atomic mass is 10.1. The predicted octanol–water partition coefficient (Wildman–Crippen LogP) is 0.853. The molecule has 0 bridgehead atoms. The first kappa shape index (κ1) is 14.3. The van der Waals surface area contributed by atoms with Gasteiger partial charge in [0.15, 0.2) is 0 Å². The van der Waals surface area contributed by atoms with Gasteiger partial charge in [-0.2, -0.15) is 0 Å². The number of hydrogen-bond acceptors (Lipinski definition) is 3. The van der Waals surface area contributed by atoms with Crippen LogP contribution in [0.5, 0.6) is 0 Å². The molecule has 17 heavy (non-hydrogen) atoms. The maximum Gasteiger partial charge on any atom is 0.315 e. The Balaban J connectivity index is 2.01. The lowest BCUT2D eigenvalue weighted by Gasteiger charge is -2.23. The highest BCUT2D eigenvalue weighted by molar-refractivity contribution is 5.74. The van der Waals surface area contributed by atoms with Crippen LogP contribution in [0.4, 0.5) is 4.79 Å². The Morgan fingerprint density at radius 3 is 2.59 bits per heavy atom. The molecule has 0 saturated carbocycles. The van der Waals surface area contributed by atoms with Crippen LogP contribution < -0.4 is 16.0 Å². The summed E-state index contributed by atoms with van der Waals surface area (Å²) in [7, 11) is 0. The fraction of sp³-hybridized carbons (Fsp3) is 0.917. The van der Waals surface area contributed by atoms with E-state index in [-0.39, 0.29) is 11.6 Å². The van der Waals surface area contributed by atoms with E-state index in [0.717, 1.165) is 25.9 Å². The molecule has 3 N–H and O–H groups in total. The van der Waals surface area contributed by atoms with Crippen molar-refractivity contribution in [2.24, 2.45) is 0 Å². The Kier molecular flexibility index (Phi) is 5.71. The summed E-state index contributed by atoms with van der Waals surface area (Å²) in [5.41, 5.74) is -0.194. The maximum atomic E-state index is 11.4. The maximum absolute atomic E-state index is 11.4. The van der Waals surface area contributed by atoms with E-state index in [2.05, 4.69) is 16.0 Å². The SMILES string of the molecule is CC(C)(C)NC(=O)NCCOC1CCNCC1. The lowest BCUT2D eigenvalue weighted by molar-refractivity contribution is 0.0356. The van der Waals surface area contributed by atoms with E-state index < -0.39 is 0 Å². The molecule has 0 spiro atoms. The van der Waals surface area contributed by atoms with Gasteiger partial charge < -0.3 is 20.7 Å². The molecule has 100 valence electrons. The molecule has 1 heterocycles. The molecule has 0 atom stereocenters. The first-order chi connectivity index (χ1) is 7.97. The summed E-state index contributed by atoms with van der Waals surface area (Å²) in [6.45, 7) is 9.08. The zero-order valence-electron chi connectivity index (χ0n) is 11.1. The lowest BCUT2D eigenvalue weighted by Crippen LogP contribution is -2.47. The molecule has 1 rings (SSSR count). The molecule has 5 heteroatoms. The summed E-state index contributed by atoms with van der Waals surface area (Å²) in [5.74, 6) is 0. The molecule has 1 fully saturated rings. The minimum absolute atomic E-state index is 0.133. The van der Waals surface area contributed by atoms with E-state index in [0.29, 0.717) is 19.3 Å². The number of carbonyl (C=O) groups is 1. The van der Waals surface area contributed by atoms with Gasteiger partial charge in [-0.05, 0) is 46.7 Å². The first-order valence-electron chi connectivity index (χ1n) is 6.36. The number of urea groups is 1. The van der Waals surface area contributed by atoms with Crippen LogP contribution in [0.15, 0.2) is 0 Å². The van der Waals surface area contributed by atoms with Crippen molar-refractivity contribution < 1.29 is 9.53 Å². The van der Waals surface area contributed by atoms with Crippen LogP contribution in [0.2, 0.25) is 0 Å². The molecule has 0 aliphatic carbocycles. The third-order valence-electron chi connectivity index (χ3n) is 2.52. The largest absolute Gasteiger partial charge is 0.376 e. The second-order valence-electron chi connectivity index (χ2n) is 5.45. The van der Waals surface area contributed by atoms with Crippen LogP contribution in [0.3, 0.4) is 0 Å². The number of ether oxygens (including phenoxy) is 1. The summed E-state index contributed by atoms with van der Waals surface area (Å²) in [5, 5.41) is 8.92. The second kappa shape index (κ2) is 6.81. The van der Waals surface area contributed by atoms with E-state index in [1.54, 1.807) is 0 Å². The van der Waals surface area contributed by atoms with E-state index in [9.17, 15) is 4.79 Å². The van der Waals surface area contributed by atoms with Crippen LogP contribution in [0.25, 0.3) is 0 Å². The van der Waals surface area contributed by atoms with Crippen molar-refractivity contribution in [2.75, 3.05) is 26.2 Å². The van der Waals surface area contributed by atoms with Gasteiger partial charge >= 0.3 is 6.03 Å². The molecule has 1 aliphatic heterocycles. The van der Waals surface area contributed by atoms with Gasteiger partial charge in [0.05, 0.1) is 12.7 Å². The Morgan fingerprint density at radius 2 is 2.00 bits per heavy atom. The number of carbonyl (C=O) groups excluding carboxylic acids is 1. The minimum Gasteiger partial charge on any atom is -0.376 e. The van der Waals surface area contributed by atoms with Gasteiger partial charge in [-0.1, -0.05) is 0 Å². The third kappa shape index (κ3) is 7.18. The number of rotatable bonds is 4. The minimum atomic E-state index is -0.194. The topological polar surface area (TPSA) is 62.4 Å². The summed E-state index contributed by atoms with van der Waals surface area (Å²) in [6, 6.07) is -0.133. The molecule has 0 unspecified atom stereocenters. The van der Waals surface area contributed by atoms with Crippen LogP contribution in [-0.2, 0) is 4.74 Å². The van der Waals surface area contributed by atoms with Crippen LogP contribution in [-0.4, -0.2) is 43.9 Å². The number of amides is 2. The quantitative estimate of drug-likeness (QED) is 0.642. The highest BCUT2D eigenvalue weighted by atomic mass is 16.5. The molecule has 2 amide bonds. The van der Waals surface area contributed by atoms with Gasteiger partial charge in [-0.3, -0.25) is 0 Å². The molecule has 0 aromatic carbocycles. The predicted molar refractivity (Wildman–Crippen MR) is 68.1 cm³/mol. The van der Waals surface area contributed by atoms with Crippen molar-refractivity contribution in [3.8, 4) is 0 Å². The third-order valence-corrected chi connectivity index (χ3v) is 2.52.